The van der Waals surface area contributed by atoms with Gasteiger partial charge in [0.15, 0.2) is 0 Å². The molecule has 2 rings (SSSR count). The molecule has 0 radical (unpaired) electrons. The first-order valence-electron chi connectivity index (χ1n) is 7.69. The highest BCUT2D eigenvalue weighted by Crippen LogP contribution is 2.15. The topological polar surface area (TPSA) is 50.7 Å². The van der Waals surface area contributed by atoms with E-state index in [2.05, 4.69) is 41.7 Å². The lowest BCUT2D eigenvalue weighted by atomic mass is 10.1. The SMILES string of the molecule is CNc1ccc(/C=C/c2ccc(OCCOCCO)cc2)cc1. The third-order valence-corrected chi connectivity index (χ3v) is 3.28. The van der Waals surface area contributed by atoms with Crippen LogP contribution in [0.25, 0.3) is 12.2 Å². The number of rotatable bonds is 9. The zero-order valence-corrected chi connectivity index (χ0v) is 13.4. The first-order chi connectivity index (χ1) is 11.3. The van der Waals surface area contributed by atoms with Crippen LogP contribution in [-0.2, 0) is 4.74 Å². The maximum Gasteiger partial charge on any atom is 0.119 e. The second-order valence-corrected chi connectivity index (χ2v) is 4.96. The lowest BCUT2D eigenvalue weighted by Gasteiger charge is -2.06. The van der Waals surface area contributed by atoms with Gasteiger partial charge in [-0.1, -0.05) is 36.4 Å². The number of hydrogen-bond acceptors (Lipinski definition) is 4. The van der Waals surface area contributed by atoms with Crippen molar-refractivity contribution in [2.75, 3.05) is 38.8 Å². The minimum Gasteiger partial charge on any atom is -0.491 e. The van der Waals surface area contributed by atoms with E-state index in [-0.39, 0.29) is 6.61 Å². The van der Waals surface area contributed by atoms with Crippen molar-refractivity contribution in [1.82, 2.24) is 0 Å². The molecule has 2 aromatic carbocycles. The summed E-state index contributed by atoms with van der Waals surface area (Å²) in [4.78, 5) is 0. The Labute approximate surface area is 137 Å². The van der Waals surface area contributed by atoms with Gasteiger partial charge in [-0.3, -0.25) is 0 Å². The van der Waals surface area contributed by atoms with Gasteiger partial charge in [0, 0.05) is 12.7 Å². The number of benzene rings is 2. The smallest absolute Gasteiger partial charge is 0.119 e. The summed E-state index contributed by atoms with van der Waals surface area (Å²) < 4.78 is 10.7. The van der Waals surface area contributed by atoms with E-state index in [0.717, 1.165) is 22.6 Å². The van der Waals surface area contributed by atoms with Crippen molar-refractivity contribution in [3.05, 3.63) is 59.7 Å². The molecule has 4 nitrogen and oxygen atoms in total. The molecule has 0 heterocycles. The molecular weight excluding hydrogens is 290 g/mol. The molecule has 0 aliphatic rings. The molecule has 0 aromatic heterocycles. The number of ether oxygens (including phenoxy) is 2. The van der Waals surface area contributed by atoms with Crippen molar-refractivity contribution in [2.24, 2.45) is 0 Å². The fourth-order valence-electron chi connectivity index (χ4n) is 2.01. The molecule has 122 valence electrons. The Morgan fingerprint density at radius 1 is 0.870 bits per heavy atom. The third-order valence-electron chi connectivity index (χ3n) is 3.28. The number of aliphatic hydroxyl groups excluding tert-OH is 1. The Morgan fingerprint density at radius 2 is 1.48 bits per heavy atom. The summed E-state index contributed by atoms with van der Waals surface area (Å²) in [5.74, 6) is 0.813. The normalized spacial score (nSPS) is 10.9. The second kappa shape index (κ2) is 9.66. The average Bonchev–Trinajstić information content (AvgIpc) is 2.61. The number of aliphatic hydroxyl groups is 1. The minimum atomic E-state index is 0.0404. The van der Waals surface area contributed by atoms with Gasteiger partial charge in [-0.25, -0.2) is 0 Å². The van der Waals surface area contributed by atoms with Gasteiger partial charge in [0.25, 0.3) is 0 Å². The van der Waals surface area contributed by atoms with Gasteiger partial charge < -0.3 is 19.9 Å². The summed E-state index contributed by atoms with van der Waals surface area (Å²) in [6.45, 7) is 1.35. The first-order valence-corrected chi connectivity index (χ1v) is 7.69. The summed E-state index contributed by atoms with van der Waals surface area (Å²) in [6.07, 6.45) is 4.15. The van der Waals surface area contributed by atoms with E-state index in [9.17, 15) is 0 Å². The number of hydrogen-bond donors (Lipinski definition) is 2. The van der Waals surface area contributed by atoms with Crippen LogP contribution in [0.15, 0.2) is 48.5 Å². The van der Waals surface area contributed by atoms with Crippen LogP contribution in [-0.4, -0.2) is 38.6 Å². The summed E-state index contributed by atoms with van der Waals surface area (Å²) >= 11 is 0. The van der Waals surface area contributed by atoms with Crippen LogP contribution in [0.4, 0.5) is 5.69 Å². The molecule has 4 heteroatoms. The molecule has 0 saturated heterocycles. The van der Waals surface area contributed by atoms with E-state index in [1.54, 1.807) is 0 Å². The zero-order chi connectivity index (χ0) is 16.3. The molecule has 2 aromatic rings. The van der Waals surface area contributed by atoms with Crippen molar-refractivity contribution in [1.29, 1.82) is 0 Å². The average molecular weight is 313 g/mol. The molecule has 2 N–H and O–H groups in total. The van der Waals surface area contributed by atoms with Crippen molar-refractivity contribution < 1.29 is 14.6 Å². The lowest BCUT2D eigenvalue weighted by Crippen LogP contribution is -2.08. The molecule has 0 aliphatic carbocycles. The Bertz CT molecular complexity index is 591. The maximum atomic E-state index is 8.60. The predicted molar refractivity (Wildman–Crippen MR) is 94.8 cm³/mol. The van der Waals surface area contributed by atoms with E-state index in [0.29, 0.717) is 19.8 Å². The van der Waals surface area contributed by atoms with Crippen LogP contribution in [0, 0.1) is 0 Å². The van der Waals surface area contributed by atoms with Crippen LogP contribution in [0.2, 0.25) is 0 Å². The zero-order valence-electron chi connectivity index (χ0n) is 13.4. The minimum absolute atomic E-state index is 0.0404. The standard InChI is InChI=1S/C19H23NO3/c1-20-18-8-4-16(5-9-18)2-3-17-6-10-19(11-7-17)23-15-14-22-13-12-21/h2-11,20-21H,12-15H2,1H3/b3-2+. The maximum absolute atomic E-state index is 8.60. The molecule has 0 spiro atoms. The Kier molecular flexibility index (Phi) is 7.17. The molecule has 0 fully saturated rings. The Hall–Kier alpha value is -2.30. The van der Waals surface area contributed by atoms with Gasteiger partial charge >= 0.3 is 0 Å². The largest absolute Gasteiger partial charge is 0.491 e. The fourth-order valence-corrected chi connectivity index (χ4v) is 2.01. The summed E-state index contributed by atoms with van der Waals surface area (Å²) in [5.41, 5.74) is 3.38. The van der Waals surface area contributed by atoms with Crippen LogP contribution < -0.4 is 10.1 Å². The number of nitrogens with one attached hydrogen (secondary N) is 1. The number of anilines is 1. The third kappa shape index (κ3) is 6.14. The monoisotopic (exact) mass is 313 g/mol. The van der Waals surface area contributed by atoms with Crippen LogP contribution in [0.3, 0.4) is 0 Å². The van der Waals surface area contributed by atoms with Crippen LogP contribution >= 0.6 is 0 Å². The van der Waals surface area contributed by atoms with Crippen molar-refractivity contribution >= 4 is 17.8 Å². The lowest BCUT2D eigenvalue weighted by molar-refractivity contribution is 0.0705. The van der Waals surface area contributed by atoms with Crippen molar-refractivity contribution in [2.45, 2.75) is 0 Å². The molecule has 0 unspecified atom stereocenters. The highest BCUT2D eigenvalue weighted by atomic mass is 16.5. The quantitative estimate of drug-likeness (QED) is 0.551. The van der Waals surface area contributed by atoms with E-state index in [1.165, 1.54) is 0 Å². The van der Waals surface area contributed by atoms with Gasteiger partial charge in [-0.15, -0.1) is 0 Å². The Morgan fingerprint density at radius 3 is 2.04 bits per heavy atom. The van der Waals surface area contributed by atoms with Crippen molar-refractivity contribution in [3.63, 3.8) is 0 Å². The van der Waals surface area contributed by atoms with Crippen LogP contribution in [0.1, 0.15) is 11.1 Å². The highest BCUT2D eigenvalue weighted by molar-refractivity contribution is 5.70. The first kappa shape index (κ1) is 17.1. The van der Waals surface area contributed by atoms with Crippen molar-refractivity contribution in [3.8, 4) is 5.75 Å². The summed E-state index contributed by atoms with van der Waals surface area (Å²) in [7, 11) is 1.91. The molecule has 0 aliphatic heterocycles. The van der Waals surface area contributed by atoms with Gasteiger partial charge in [0.1, 0.15) is 12.4 Å². The highest BCUT2D eigenvalue weighted by Gasteiger charge is 1.95. The predicted octanol–water partition coefficient (Wildman–Crippen LogP) is 3.29. The summed E-state index contributed by atoms with van der Waals surface area (Å²) in [6, 6.07) is 16.2. The molecular formula is C19H23NO3. The Balaban J connectivity index is 1.82. The van der Waals surface area contributed by atoms with E-state index in [4.69, 9.17) is 14.6 Å². The van der Waals surface area contributed by atoms with Gasteiger partial charge in [0.05, 0.1) is 19.8 Å². The van der Waals surface area contributed by atoms with E-state index < -0.39 is 0 Å². The van der Waals surface area contributed by atoms with E-state index >= 15 is 0 Å². The fraction of sp³-hybridized carbons (Fsp3) is 0.263. The summed E-state index contributed by atoms with van der Waals surface area (Å²) in [5, 5.41) is 11.7. The molecule has 23 heavy (non-hydrogen) atoms. The molecule has 0 bridgehead atoms. The molecule has 0 atom stereocenters. The van der Waals surface area contributed by atoms with Gasteiger partial charge in [-0.05, 0) is 35.4 Å². The van der Waals surface area contributed by atoms with Gasteiger partial charge in [-0.2, -0.15) is 0 Å². The van der Waals surface area contributed by atoms with Gasteiger partial charge in [0.2, 0.25) is 0 Å². The van der Waals surface area contributed by atoms with Crippen LogP contribution in [0.5, 0.6) is 5.75 Å². The molecule has 0 saturated carbocycles. The molecule has 0 amide bonds. The van der Waals surface area contributed by atoms with E-state index in [1.807, 2.05) is 31.3 Å². The second-order valence-electron chi connectivity index (χ2n) is 4.96.